The first kappa shape index (κ1) is 12.5. The van der Waals surface area contributed by atoms with Gasteiger partial charge in [-0.15, -0.1) is 0 Å². The molecule has 6 heteroatoms. The Morgan fingerprint density at radius 3 is 2.89 bits per heavy atom. The highest BCUT2D eigenvalue weighted by atomic mass is 79.9. The highest BCUT2D eigenvalue weighted by Gasteiger charge is 2.06. The van der Waals surface area contributed by atoms with Crippen molar-refractivity contribution >= 4 is 27.3 Å². The molecular weight excluding hydrogens is 298 g/mol. The lowest BCUT2D eigenvalue weighted by Gasteiger charge is -2.07. The third-order valence-corrected chi connectivity index (χ3v) is 3.00. The molecule has 0 fully saturated rings. The van der Waals surface area contributed by atoms with E-state index in [0.717, 1.165) is 15.9 Å². The summed E-state index contributed by atoms with van der Waals surface area (Å²) in [6, 6.07) is 10.2. The summed E-state index contributed by atoms with van der Waals surface area (Å²) in [7, 11) is 0. The van der Waals surface area contributed by atoms with Crippen LogP contribution < -0.4 is 5.32 Å². The summed E-state index contributed by atoms with van der Waals surface area (Å²) in [5.74, 6) is 0. The molecule has 0 aliphatic rings. The zero-order chi connectivity index (χ0) is 13.0. The van der Waals surface area contributed by atoms with E-state index in [4.69, 9.17) is 0 Å². The van der Waals surface area contributed by atoms with Crippen LogP contribution in [0.2, 0.25) is 0 Å². The number of aromatic nitrogens is 1. The number of hydrogen-bond acceptors (Lipinski definition) is 4. The Hall–Kier alpha value is -1.95. The van der Waals surface area contributed by atoms with Gasteiger partial charge in [-0.25, -0.2) is 4.98 Å². The average Bonchev–Trinajstić information content (AvgIpc) is 2.38. The highest BCUT2D eigenvalue weighted by molar-refractivity contribution is 9.10. The summed E-state index contributed by atoms with van der Waals surface area (Å²) >= 11 is 3.33. The first-order valence-electron chi connectivity index (χ1n) is 5.24. The van der Waals surface area contributed by atoms with Crippen molar-refractivity contribution in [3.63, 3.8) is 0 Å². The van der Waals surface area contributed by atoms with Gasteiger partial charge in [-0.3, -0.25) is 10.1 Å². The van der Waals surface area contributed by atoms with Gasteiger partial charge in [-0.05, 0) is 33.6 Å². The Balaban J connectivity index is 2.09. The first-order chi connectivity index (χ1) is 8.66. The van der Waals surface area contributed by atoms with Crippen LogP contribution >= 0.6 is 15.9 Å². The predicted molar refractivity (Wildman–Crippen MR) is 72.4 cm³/mol. The van der Waals surface area contributed by atoms with Gasteiger partial charge in [0.1, 0.15) is 4.60 Å². The lowest BCUT2D eigenvalue weighted by atomic mass is 10.2. The second-order valence-corrected chi connectivity index (χ2v) is 4.37. The van der Waals surface area contributed by atoms with Crippen molar-refractivity contribution in [3.05, 3.63) is 62.9 Å². The van der Waals surface area contributed by atoms with Gasteiger partial charge in [-0.1, -0.05) is 12.1 Å². The Morgan fingerprint density at radius 2 is 2.17 bits per heavy atom. The Kier molecular flexibility index (Phi) is 3.88. The van der Waals surface area contributed by atoms with Crippen molar-refractivity contribution in [2.24, 2.45) is 0 Å². The fraction of sp³-hybridized carbons (Fsp3) is 0.0833. The predicted octanol–water partition coefficient (Wildman–Crippen LogP) is 3.36. The van der Waals surface area contributed by atoms with Crippen LogP contribution in [0.15, 0.2) is 47.2 Å². The summed E-state index contributed by atoms with van der Waals surface area (Å²) in [5.41, 5.74) is 1.79. The molecule has 0 spiro atoms. The summed E-state index contributed by atoms with van der Waals surface area (Å²) in [4.78, 5) is 14.3. The molecule has 2 rings (SSSR count). The molecule has 1 aromatic carbocycles. The second kappa shape index (κ2) is 5.59. The number of halogens is 1. The molecule has 0 radical (unpaired) electrons. The summed E-state index contributed by atoms with van der Waals surface area (Å²) in [6.07, 6.45) is 1.68. The van der Waals surface area contributed by atoms with E-state index in [1.54, 1.807) is 18.3 Å². The van der Waals surface area contributed by atoms with Crippen LogP contribution in [0.1, 0.15) is 5.56 Å². The van der Waals surface area contributed by atoms with Gasteiger partial charge in [0.05, 0.1) is 10.6 Å². The van der Waals surface area contributed by atoms with Crippen LogP contribution in [0, 0.1) is 10.1 Å². The molecule has 0 aliphatic carbocycles. The minimum absolute atomic E-state index is 0.0968. The lowest BCUT2D eigenvalue weighted by molar-refractivity contribution is -0.384. The highest BCUT2D eigenvalue weighted by Crippen LogP contribution is 2.20. The van der Waals surface area contributed by atoms with Crippen molar-refractivity contribution in [1.82, 2.24) is 4.98 Å². The maximum Gasteiger partial charge on any atom is 0.269 e. The van der Waals surface area contributed by atoms with Crippen molar-refractivity contribution < 1.29 is 4.92 Å². The smallest absolute Gasteiger partial charge is 0.269 e. The quantitative estimate of drug-likeness (QED) is 0.534. The molecule has 1 aromatic heterocycles. The van der Waals surface area contributed by atoms with Crippen LogP contribution in [0.4, 0.5) is 11.4 Å². The van der Waals surface area contributed by atoms with Crippen molar-refractivity contribution in [3.8, 4) is 0 Å². The fourth-order valence-electron chi connectivity index (χ4n) is 1.50. The zero-order valence-electron chi connectivity index (χ0n) is 9.34. The average molecular weight is 308 g/mol. The molecule has 0 atom stereocenters. The van der Waals surface area contributed by atoms with E-state index in [2.05, 4.69) is 26.2 Å². The molecule has 1 heterocycles. The number of nitrogens with one attached hydrogen (secondary N) is 1. The maximum absolute atomic E-state index is 10.6. The number of nitro benzene ring substituents is 1. The van der Waals surface area contributed by atoms with Crippen LogP contribution in [-0.4, -0.2) is 9.91 Å². The largest absolute Gasteiger partial charge is 0.379 e. The van der Waals surface area contributed by atoms with Gasteiger partial charge in [-0.2, -0.15) is 0 Å². The SMILES string of the molecule is O=[N+]([O-])c1cccc(CNc2cccnc2Br)c1. The topological polar surface area (TPSA) is 68.1 Å². The van der Waals surface area contributed by atoms with Gasteiger partial charge in [0.2, 0.25) is 0 Å². The minimum Gasteiger partial charge on any atom is -0.379 e. The van der Waals surface area contributed by atoms with E-state index in [1.807, 2.05) is 18.2 Å². The fourth-order valence-corrected chi connectivity index (χ4v) is 1.89. The van der Waals surface area contributed by atoms with Crippen LogP contribution in [0.3, 0.4) is 0 Å². The third kappa shape index (κ3) is 3.04. The number of non-ortho nitro benzene ring substituents is 1. The molecule has 0 amide bonds. The number of anilines is 1. The van der Waals surface area contributed by atoms with Crippen molar-refractivity contribution in [1.29, 1.82) is 0 Å². The maximum atomic E-state index is 10.6. The normalized spacial score (nSPS) is 10.1. The van der Waals surface area contributed by atoms with Crippen LogP contribution in [-0.2, 0) is 6.54 Å². The Bertz CT molecular complexity index is 575. The molecule has 1 N–H and O–H groups in total. The van der Waals surface area contributed by atoms with Gasteiger partial charge < -0.3 is 5.32 Å². The molecule has 0 saturated heterocycles. The number of nitrogens with zero attached hydrogens (tertiary/aromatic N) is 2. The third-order valence-electron chi connectivity index (χ3n) is 2.36. The second-order valence-electron chi connectivity index (χ2n) is 3.62. The molecule has 92 valence electrons. The molecule has 0 bridgehead atoms. The van der Waals surface area contributed by atoms with Crippen molar-refractivity contribution in [2.45, 2.75) is 6.54 Å². The number of pyridine rings is 1. The first-order valence-corrected chi connectivity index (χ1v) is 6.04. The van der Waals surface area contributed by atoms with E-state index < -0.39 is 4.92 Å². The van der Waals surface area contributed by atoms with Crippen LogP contribution in [0.5, 0.6) is 0 Å². The monoisotopic (exact) mass is 307 g/mol. The zero-order valence-corrected chi connectivity index (χ0v) is 10.9. The lowest BCUT2D eigenvalue weighted by Crippen LogP contribution is -2.01. The van der Waals surface area contributed by atoms with E-state index in [1.165, 1.54) is 6.07 Å². The summed E-state index contributed by atoms with van der Waals surface area (Å²) < 4.78 is 0.718. The van der Waals surface area contributed by atoms with E-state index in [0.29, 0.717) is 6.54 Å². The molecule has 5 nitrogen and oxygen atoms in total. The van der Waals surface area contributed by atoms with E-state index in [9.17, 15) is 10.1 Å². The Labute approximate surface area is 112 Å². The van der Waals surface area contributed by atoms with Gasteiger partial charge in [0.25, 0.3) is 5.69 Å². The molecule has 0 saturated carbocycles. The van der Waals surface area contributed by atoms with E-state index >= 15 is 0 Å². The molecule has 18 heavy (non-hydrogen) atoms. The molecule has 2 aromatic rings. The standard InChI is InChI=1S/C12H10BrN3O2/c13-12-11(5-2-6-14-12)15-8-9-3-1-4-10(7-9)16(17)18/h1-7,15H,8H2. The summed E-state index contributed by atoms with van der Waals surface area (Å²) in [5, 5.41) is 13.8. The van der Waals surface area contributed by atoms with Gasteiger partial charge in [0, 0.05) is 24.9 Å². The molecule has 0 aliphatic heterocycles. The Morgan fingerprint density at radius 1 is 1.33 bits per heavy atom. The number of benzene rings is 1. The molecule has 0 unspecified atom stereocenters. The molecular formula is C12H10BrN3O2. The number of hydrogen-bond donors (Lipinski definition) is 1. The van der Waals surface area contributed by atoms with Gasteiger partial charge >= 0.3 is 0 Å². The van der Waals surface area contributed by atoms with E-state index in [-0.39, 0.29) is 5.69 Å². The number of rotatable bonds is 4. The number of nitro groups is 1. The van der Waals surface area contributed by atoms with Crippen molar-refractivity contribution in [2.75, 3.05) is 5.32 Å². The van der Waals surface area contributed by atoms with Gasteiger partial charge in [0.15, 0.2) is 0 Å². The minimum atomic E-state index is -0.399. The summed E-state index contributed by atoms with van der Waals surface area (Å²) in [6.45, 7) is 0.506. The van der Waals surface area contributed by atoms with Crippen LogP contribution in [0.25, 0.3) is 0 Å².